The van der Waals surface area contributed by atoms with E-state index in [1.807, 2.05) is 15.5 Å². The first kappa shape index (κ1) is 28.0. The maximum absolute atomic E-state index is 14.1. The van der Waals surface area contributed by atoms with E-state index in [0.717, 1.165) is 68.3 Å². The Labute approximate surface area is 245 Å². The highest BCUT2D eigenvalue weighted by molar-refractivity contribution is 7.92. The van der Waals surface area contributed by atoms with E-state index in [9.17, 15) is 13.2 Å². The summed E-state index contributed by atoms with van der Waals surface area (Å²) in [6.07, 6.45) is 2.73. The number of carbonyl (C=O) groups excluding carboxylic acids is 1. The zero-order valence-electron chi connectivity index (χ0n) is 23.6. The topological polar surface area (TPSA) is 112 Å². The standard InChI is InChI=1S/C28H36ClN7O4S/c1-18-4-7-24(35(17-18)28(37)21-12-20(29)5-6-22(21)32-41(3,38)39)23-13-26-30-25(34-15-19(2)16-34)14-27(36(26)31-23)33-8-10-40-11-9-33/h5-6,12-14,18-19,24,32H,4,7-11,15-17H2,1-3H3/t18-,24-/m0/s1. The third-order valence-electron chi connectivity index (χ3n) is 8.06. The molecule has 1 aromatic carbocycles. The lowest BCUT2D eigenvalue weighted by atomic mass is 9.91. The van der Waals surface area contributed by atoms with Crippen LogP contribution in [0.2, 0.25) is 5.02 Å². The summed E-state index contributed by atoms with van der Waals surface area (Å²) in [4.78, 5) is 25.4. The predicted molar refractivity (Wildman–Crippen MR) is 159 cm³/mol. The summed E-state index contributed by atoms with van der Waals surface area (Å²) in [7, 11) is -3.60. The maximum Gasteiger partial charge on any atom is 0.256 e. The zero-order valence-corrected chi connectivity index (χ0v) is 25.2. The van der Waals surface area contributed by atoms with Gasteiger partial charge < -0.3 is 19.4 Å². The molecule has 0 unspecified atom stereocenters. The number of nitrogens with zero attached hydrogens (tertiary/aromatic N) is 6. The molecule has 0 spiro atoms. The molecule has 2 atom stereocenters. The van der Waals surface area contributed by atoms with Crippen LogP contribution in [-0.4, -0.2) is 86.0 Å². The number of benzene rings is 1. The molecule has 3 aromatic rings. The number of nitrogens with one attached hydrogen (secondary N) is 1. The minimum Gasteiger partial charge on any atom is -0.378 e. The molecule has 13 heteroatoms. The summed E-state index contributed by atoms with van der Waals surface area (Å²) in [5.74, 6) is 2.53. The predicted octanol–water partition coefficient (Wildman–Crippen LogP) is 3.66. The molecule has 11 nitrogen and oxygen atoms in total. The fraction of sp³-hybridized carbons (Fsp3) is 0.536. The molecule has 5 heterocycles. The maximum atomic E-state index is 14.1. The van der Waals surface area contributed by atoms with Crippen molar-refractivity contribution in [3.05, 3.63) is 46.6 Å². The summed E-state index contributed by atoms with van der Waals surface area (Å²) in [6, 6.07) is 8.43. The number of fused-ring (bicyclic) bond motifs is 1. The number of piperidine rings is 1. The van der Waals surface area contributed by atoms with Crippen molar-refractivity contribution in [2.75, 3.05) is 66.7 Å². The summed E-state index contributed by atoms with van der Waals surface area (Å²) >= 11 is 6.27. The van der Waals surface area contributed by atoms with Gasteiger partial charge in [-0.05, 0) is 42.9 Å². The number of anilines is 3. The monoisotopic (exact) mass is 601 g/mol. The summed E-state index contributed by atoms with van der Waals surface area (Å²) in [5.41, 5.74) is 1.93. The number of aromatic nitrogens is 3. The Hall–Kier alpha value is -3.09. The lowest BCUT2D eigenvalue weighted by molar-refractivity contribution is 0.0538. The van der Waals surface area contributed by atoms with Gasteiger partial charge in [-0.2, -0.15) is 9.61 Å². The Balaban J connectivity index is 1.40. The fourth-order valence-corrected chi connectivity index (χ4v) is 6.76. The molecule has 0 saturated carbocycles. The summed E-state index contributed by atoms with van der Waals surface area (Å²) in [5, 5.41) is 5.40. The number of carbonyl (C=O) groups is 1. The molecule has 6 rings (SSSR count). The number of morpholine rings is 1. The Bertz CT molecular complexity index is 1570. The Morgan fingerprint density at radius 3 is 2.49 bits per heavy atom. The highest BCUT2D eigenvalue weighted by atomic mass is 35.5. The van der Waals surface area contributed by atoms with Crippen LogP contribution in [0.15, 0.2) is 30.3 Å². The molecule has 2 aromatic heterocycles. The summed E-state index contributed by atoms with van der Waals surface area (Å²) < 4.78 is 34.1. The van der Waals surface area contributed by atoms with Crippen molar-refractivity contribution in [1.82, 2.24) is 19.5 Å². The molecule has 220 valence electrons. The molecule has 0 radical (unpaired) electrons. The first-order valence-electron chi connectivity index (χ1n) is 14.1. The van der Waals surface area contributed by atoms with Crippen molar-refractivity contribution >= 4 is 50.5 Å². The lowest BCUT2D eigenvalue weighted by Crippen LogP contribution is -2.46. The SMILES string of the molecule is CC1CN(c2cc(N3CCOCC3)n3nc([C@@H]4CC[C@H](C)CN4C(=O)c4cc(Cl)ccc4NS(C)(=O)=O)cc3n2)C1. The minimum atomic E-state index is -3.60. The van der Waals surface area contributed by atoms with E-state index in [4.69, 9.17) is 26.4 Å². The number of rotatable bonds is 6. The van der Waals surface area contributed by atoms with Gasteiger partial charge in [-0.3, -0.25) is 9.52 Å². The average Bonchev–Trinajstić information content (AvgIpc) is 3.35. The van der Waals surface area contributed by atoms with Gasteiger partial charge in [-0.25, -0.2) is 13.4 Å². The molecular formula is C28H36ClN7O4S. The van der Waals surface area contributed by atoms with E-state index < -0.39 is 10.0 Å². The number of halogens is 1. The van der Waals surface area contributed by atoms with Crippen LogP contribution in [0.5, 0.6) is 0 Å². The molecule has 1 amide bonds. The van der Waals surface area contributed by atoms with Gasteiger partial charge >= 0.3 is 0 Å². The van der Waals surface area contributed by atoms with Crippen molar-refractivity contribution < 1.29 is 17.9 Å². The van der Waals surface area contributed by atoms with Crippen LogP contribution >= 0.6 is 11.6 Å². The van der Waals surface area contributed by atoms with Crippen molar-refractivity contribution in [2.45, 2.75) is 32.7 Å². The number of ether oxygens (including phenoxy) is 1. The van der Waals surface area contributed by atoms with Crippen LogP contribution in [0.4, 0.5) is 17.3 Å². The van der Waals surface area contributed by atoms with Crippen molar-refractivity contribution in [3.8, 4) is 0 Å². The molecule has 0 aliphatic carbocycles. The number of sulfonamides is 1. The van der Waals surface area contributed by atoms with Crippen molar-refractivity contribution in [2.24, 2.45) is 11.8 Å². The number of amides is 1. The third kappa shape index (κ3) is 5.82. The second-order valence-corrected chi connectivity index (χ2v) is 13.8. The van der Waals surface area contributed by atoms with E-state index in [1.54, 1.807) is 6.07 Å². The number of likely N-dealkylation sites (tertiary alicyclic amines) is 1. The Morgan fingerprint density at radius 2 is 1.78 bits per heavy atom. The van der Waals surface area contributed by atoms with Crippen LogP contribution < -0.4 is 14.5 Å². The third-order valence-corrected chi connectivity index (χ3v) is 8.89. The molecule has 0 bridgehead atoms. The quantitative estimate of drug-likeness (QED) is 0.456. The van der Waals surface area contributed by atoms with Gasteiger partial charge in [0.2, 0.25) is 10.0 Å². The van der Waals surface area contributed by atoms with Gasteiger partial charge in [0.15, 0.2) is 5.65 Å². The Kier molecular flexibility index (Phi) is 7.50. The largest absolute Gasteiger partial charge is 0.378 e. The van der Waals surface area contributed by atoms with Crippen LogP contribution in [-0.2, 0) is 14.8 Å². The molecule has 3 aliphatic rings. The van der Waals surface area contributed by atoms with Crippen LogP contribution in [0.25, 0.3) is 5.65 Å². The molecule has 3 fully saturated rings. The molecule has 1 N–H and O–H groups in total. The second-order valence-electron chi connectivity index (χ2n) is 11.6. The minimum absolute atomic E-state index is 0.207. The number of hydrogen-bond donors (Lipinski definition) is 1. The van der Waals surface area contributed by atoms with Gasteiger partial charge in [0.25, 0.3) is 5.91 Å². The van der Waals surface area contributed by atoms with Gasteiger partial charge in [0, 0.05) is 49.9 Å². The van der Waals surface area contributed by atoms with Crippen molar-refractivity contribution in [1.29, 1.82) is 0 Å². The van der Waals surface area contributed by atoms with E-state index >= 15 is 0 Å². The fourth-order valence-electron chi connectivity index (χ4n) is 6.01. The first-order chi connectivity index (χ1) is 19.6. The normalized spacial score (nSPS) is 22.2. The first-order valence-corrected chi connectivity index (χ1v) is 16.4. The van der Waals surface area contributed by atoms with Crippen LogP contribution in [0, 0.1) is 11.8 Å². The molecule has 3 aliphatic heterocycles. The average molecular weight is 602 g/mol. The van der Waals surface area contributed by atoms with E-state index in [2.05, 4.69) is 34.4 Å². The molecule has 41 heavy (non-hydrogen) atoms. The second kappa shape index (κ2) is 11.0. The van der Waals surface area contributed by atoms with Crippen LogP contribution in [0.1, 0.15) is 48.8 Å². The van der Waals surface area contributed by atoms with Gasteiger partial charge in [-0.1, -0.05) is 25.4 Å². The van der Waals surface area contributed by atoms with Crippen molar-refractivity contribution in [3.63, 3.8) is 0 Å². The highest BCUT2D eigenvalue weighted by Gasteiger charge is 2.35. The van der Waals surface area contributed by atoms with E-state index in [1.165, 1.54) is 12.1 Å². The van der Waals surface area contributed by atoms with Crippen LogP contribution in [0.3, 0.4) is 0 Å². The molecular weight excluding hydrogens is 566 g/mol. The zero-order chi connectivity index (χ0) is 28.9. The Morgan fingerprint density at radius 1 is 1.02 bits per heavy atom. The van der Waals surface area contributed by atoms with E-state index in [-0.39, 0.29) is 29.1 Å². The smallest absolute Gasteiger partial charge is 0.256 e. The molecule has 3 saturated heterocycles. The van der Waals surface area contributed by atoms with Gasteiger partial charge in [0.05, 0.1) is 42.5 Å². The highest BCUT2D eigenvalue weighted by Crippen LogP contribution is 2.37. The van der Waals surface area contributed by atoms with Gasteiger partial charge in [-0.15, -0.1) is 0 Å². The lowest BCUT2D eigenvalue weighted by Gasteiger charge is -2.39. The summed E-state index contributed by atoms with van der Waals surface area (Å²) in [6.45, 7) is 9.65. The van der Waals surface area contributed by atoms with Gasteiger partial charge in [0.1, 0.15) is 11.6 Å². The number of hydrogen-bond acceptors (Lipinski definition) is 8. The van der Waals surface area contributed by atoms with E-state index in [0.29, 0.717) is 30.7 Å².